The maximum atomic E-state index is 2.71. The molecule has 2 unspecified atom stereocenters. The van der Waals surface area contributed by atoms with Gasteiger partial charge in [-0.25, -0.2) is 0 Å². The molecule has 0 saturated carbocycles. The van der Waals surface area contributed by atoms with E-state index in [0.717, 1.165) is 5.54 Å². The summed E-state index contributed by atoms with van der Waals surface area (Å²) in [6, 6.07) is 16.4. The van der Waals surface area contributed by atoms with Crippen molar-refractivity contribution in [3.05, 3.63) is 53.6 Å². The topological polar surface area (TPSA) is 3.24 Å². The molecule has 5 rings (SSSR count). The van der Waals surface area contributed by atoms with Crippen LogP contribution in [0.15, 0.2) is 42.5 Å². The number of aryl methyl sites for hydroxylation is 1. The van der Waals surface area contributed by atoms with Crippen molar-refractivity contribution >= 4 is 24.1 Å². The lowest BCUT2D eigenvalue weighted by Gasteiger charge is -2.51. The quantitative estimate of drug-likeness (QED) is 0.729. The molecule has 2 atom stereocenters. The van der Waals surface area contributed by atoms with Gasteiger partial charge >= 0.3 is 0 Å². The highest BCUT2D eigenvalue weighted by atomic mass is 28.3. The number of nitrogens with zero attached hydrogens (tertiary/aromatic N) is 1. The zero-order chi connectivity index (χ0) is 15.4. The summed E-state index contributed by atoms with van der Waals surface area (Å²) in [6.07, 6.45) is 6.77. The molecule has 23 heavy (non-hydrogen) atoms. The smallest absolute Gasteiger partial charge is 0.122 e. The Hall–Kier alpha value is -1.54. The molecule has 2 aliphatic heterocycles. The second-order valence-electron chi connectivity index (χ2n) is 7.80. The summed E-state index contributed by atoms with van der Waals surface area (Å²) in [6.45, 7) is 5.23. The normalized spacial score (nSPS) is 28.4. The standard InChI is InChI=1S/C21H25NSi/c1-23(17-8-3-2-4-9-17)18-10-6-14-22(15-18)20-13-12-16-7-5-11-19(16)21(20)23/h2-4,8-9,12-13,18H,5-7,10-11,14-15H2,1H3. The average Bonchev–Trinajstić information content (AvgIpc) is 3.09. The van der Waals surface area contributed by atoms with Gasteiger partial charge in [-0.05, 0) is 60.0 Å². The molecular formula is C21H25NSi. The van der Waals surface area contributed by atoms with Crippen molar-refractivity contribution < 1.29 is 0 Å². The fourth-order valence-corrected chi connectivity index (χ4v) is 10.6. The van der Waals surface area contributed by atoms with E-state index in [1.807, 2.05) is 5.19 Å². The lowest BCUT2D eigenvalue weighted by Crippen LogP contribution is -2.67. The fraction of sp³-hybridized carbons (Fsp3) is 0.429. The van der Waals surface area contributed by atoms with Crippen LogP contribution in [-0.4, -0.2) is 21.2 Å². The molecule has 2 bridgehead atoms. The summed E-state index contributed by atoms with van der Waals surface area (Å²) in [5, 5.41) is 3.47. The van der Waals surface area contributed by atoms with E-state index in [1.165, 1.54) is 45.2 Å². The summed E-state index contributed by atoms with van der Waals surface area (Å²) in [5.74, 6) is 0. The number of rotatable bonds is 1. The van der Waals surface area contributed by atoms with Gasteiger partial charge in [-0.3, -0.25) is 0 Å². The van der Waals surface area contributed by atoms with Crippen molar-refractivity contribution in [2.45, 2.75) is 44.2 Å². The molecule has 2 heterocycles. The first-order valence-electron chi connectivity index (χ1n) is 9.24. The van der Waals surface area contributed by atoms with Crippen LogP contribution in [0.2, 0.25) is 12.1 Å². The van der Waals surface area contributed by atoms with Crippen LogP contribution in [0.25, 0.3) is 0 Å². The van der Waals surface area contributed by atoms with E-state index in [0.29, 0.717) is 0 Å². The lowest BCUT2D eigenvalue weighted by atomic mass is 10.0. The summed E-state index contributed by atoms with van der Waals surface area (Å²) >= 11 is 0. The Morgan fingerprint density at radius 3 is 2.74 bits per heavy atom. The third kappa shape index (κ3) is 1.85. The summed E-state index contributed by atoms with van der Waals surface area (Å²) in [5.41, 5.74) is 5.88. The second kappa shape index (κ2) is 4.97. The van der Waals surface area contributed by atoms with Crippen LogP contribution in [-0.2, 0) is 12.8 Å². The van der Waals surface area contributed by atoms with Gasteiger partial charge in [0.25, 0.3) is 0 Å². The molecule has 2 heteroatoms. The van der Waals surface area contributed by atoms with Gasteiger partial charge in [0, 0.05) is 18.8 Å². The Balaban J connectivity index is 1.82. The van der Waals surface area contributed by atoms with E-state index in [-0.39, 0.29) is 0 Å². The van der Waals surface area contributed by atoms with Crippen LogP contribution in [0, 0.1) is 0 Å². The number of piperidine rings is 1. The van der Waals surface area contributed by atoms with Gasteiger partial charge < -0.3 is 4.90 Å². The maximum Gasteiger partial charge on any atom is 0.122 e. The Morgan fingerprint density at radius 1 is 1.00 bits per heavy atom. The lowest BCUT2D eigenvalue weighted by molar-refractivity contribution is 0.561. The average molecular weight is 320 g/mol. The first-order chi connectivity index (χ1) is 11.3. The molecule has 0 N–H and O–H groups in total. The van der Waals surface area contributed by atoms with Crippen molar-refractivity contribution in [3.63, 3.8) is 0 Å². The predicted molar refractivity (Wildman–Crippen MR) is 101 cm³/mol. The number of fused-ring (bicyclic) bond motifs is 6. The summed E-state index contributed by atoms with van der Waals surface area (Å²) in [7, 11) is -1.65. The van der Waals surface area contributed by atoms with Crippen LogP contribution in [0.5, 0.6) is 0 Å². The van der Waals surface area contributed by atoms with E-state index in [1.54, 1.807) is 22.0 Å². The molecule has 1 saturated heterocycles. The highest BCUT2D eigenvalue weighted by molar-refractivity contribution is 7.03. The van der Waals surface area contributed by atoms with Gasteiger partial charge in [0.2, 0.25) is 0 Å². The first-order valence-corrected chi connectivity index (χ1v) is 11.8. The van der Waals surface area contributed by atoms with E-state index in [9.17, 15) is 0 Å². The molecule has 1 fully saturated rings. The zero-order valence-electron chi connectivity index (χ0n) is 14.0. The number of anilines is 1. The minimum absolute atomic E-state index is 0.887. The minimum Gasteiger partial charge on any atom is -0.372 e. The van der Waals surface area contributed by atoms with Crippen LogP contribution < -0.4 is 15.3 Å². The molecule has 0 amide bonds. The number of hydrogen-bond acceptors (Lipinski definition) is 1. The second-order valence-corrected chi connectivity index (χ2v) is 12.1. The molecule has 118 valence electrons. The van der Waals surface area contributed by atoms with Crippen LogP contribution >= 0.6 is 0 Å². The molecule has 0 aromatic heterocycles. The molecule has 2 aromatic rings. The molecule has 2 aromatic carbocycles. The summed E-state index contributed by atoms with van der Waals surface area (Å²) < 4.78 is 0. The maximum absolute atomic E-state index is 2.71. The molecule has 0 radical (unpaired) electrons. The number of benzene rings is 2. The molecule has 3 aliphatic rings. The van der Waals surface area contributed by atoms with Crippen LogP contribution in [0.1, 0.15) is 30.4 Å². The van der Waals surface area contributed by atoms with Crippen molar-refractivity contribution in [1.82, 2.24) is 0 Å². The van der Waals surface area contributed by atoms with E-state index in [2.05, 4.69) is 53.9 Å². The largest absolute Gasteiger partial charge is 0.372 e. The fourth-order valence-electron chi connectivity index (χ4n) is 5.53. The monoisotopic (exact) mass is 319 g/mol. The van der Waals surface area contributed by atoms with Crippen molar-refractivity contribution in [1.29, 1.82) is 0 Å². The van der Waals surface area contributed by atoms with E-state index in [4.69, 9.17) is 0 Å². The Morgan fingerprint density at radius 2 is 1.87 bits per heavy atom. The van der Waals surface area contributed by atoms with Crippen LogP contribution in [0.3, 0.4) is 0 Å². The first kappa shape index (κ1) is 13.9. The van der Waals surface area contributed by atoms with Crippen LogP contribution in [0.4, 0.5) is 5.69 Å². The van der Waals surface area contributed by atoms with Gasteiger partial charge in [-0.15, -0.1) is 0 Å². The van der Waals surface area contributed by atoms with Gasteiger partial charge in [0.15, 0.2) is 0 Å². The molecule has 1 aliphatic carbocycles. The third-order valence-electron chi connectivity index (χ3n) is 6.73. The SMILES string of the molecule is C[Si]1(c2ccccc2)c2c(ccc3c2CCC3)N2CCCC1C2. The Kier molecular flexibility index (Phi) is 3.00. The third-order valence-corrected chi connectivity index (χ3v) is 12.0. The summed E-state index contributed by atoms with van der Waals surface area (Å²) in [4.78, 5) is 2.71. The number of hydrogen-bond donors (Lipinski definition) is 0. The van der Waals surface area contributed by atoms with Gasteiger partial charge in [0.1, 0.15) is 8.07 Å². The van der Waals surface area contributed by atoms with Gasteiger partial charge in [-0.2, -0.15) is 0 Å². The molecule has 1 nitrogen and oxygen atoms in total. The highest BCUT2D eigenvalue weighted by Gasteiger charge is 2.49. The van der Waals surface area contributed by atoms with Gasteiger partial charge in [-0.1, -0.05) is 48.1 Å². The molecular weight excluding hydrogens is 294 g/mol. The zero-order valence-corrected chi connectivity index (χ0v) is 15.0. The van der Waals surface area contributed by atoms with E-state index < -0.39 is 8.07 Å². The Labute approximate surface area is 140 Å². The minimum atomic E-state index is -1.65. The predicted octanol–water partition coefficient (Wildman–Crippen LogP) is 3.35. The Bertz CT molecular complexity index is 754. The van der Waals surface area contributed by atoms with Gasteiger partial charge in [0.05, 0.1) is 0 Å². The van der Waals surface area contributed by atoms with Crippen molar-refractivity contribution in [2.24, 2.45) is 0 Å². The van der Waals surface area contributed by atoms with E-state index >= 15 is 0 Å². The van der Waals surface area contributed by atoms with Crippen molar-refractivity contribution in [2.75, 3.05) is 18.0 Å². The molecule has 0 spiro atoms. The van der Waals surface area contributed by atoms with Crippen molar-refractivity contribution in [3.8, 4) is 0 Å². The highest BCUT2D eigenvalue weighted by Crippen LogP contribution is 2.42.